The van der Waals surface area contributed by atoms with Crippen LogP contribution in [-0.2, 0) is 16.7 Å². The standard InChI is InChI=1S/C27H24N2O4S/c1-18-14-20-8-9-21(16-22(20)15-19(18)2)26-17-28-27(33-26)24-10-12-29(11-5-13-34(30,31)32)25-7-4-3-6-23(24)25/h3-4,6-10,12,14-17H,5,11,13H2,1-2H3/p+1. The molecule has 0 bridgehead atoms. The number of fused-ring (bicyclic) bond motifs is 2. The largest absolute Gasteiger partial charge is 0.436 e. The van der Waals surface area contributed by atoms with Crippen molar-refractivity contribution < 1.29 is 22.0 Å². The smallest absolute Gasteiger partial charge is 0.265 e. The molecule has 0 fully saturated rings. The lowest BCUT2D eigenvalue weighted by Crippen LogP contribution is -2.35. The Morgan fingerprint density at radius 2 is 1.74 bits per heavy atom. The van der Waals surface area contributed by atoms with E-state index in [-0.39, 0.29) is 5.75 Å². The van der Waals surface area contributed by atoms with Gasteiger partial charge in [-0.05, 0) is 47.9 Å². The third kappa shape index (κ3) is 4.44. The van der Waals surface area contributed by atoms with E-state index in [0.29, 0.717) is 24.6 Å². The normalized spacial score (nSPS) is 12.0. The third-order valence-electron chi connectivity index (χ3n) is 6.20. The Hall–Kier alpha value is -3.55. The number of nitrogens with zero attached hydrogens (tertiary/aromatic N) is 2. The second-order valence-corrected chi connectivity index (χ2v) is 10.2. The van der Waals surface area contributed by atoms with E-state index in [1.54, 1.807) is 6.20 Å². The predicted molar refractivity (Wildman–Crippen MR) is 133 cm³/mol. The van der Waals surface area contributed by atoms with E-state index < -0.39 is 10.1 Å². The molecule has 34 heavy (non-hydrogen) atoms. The van der Waals surface area contributed by atoms with E-state index in [1.807, 2.05) is 47.2 Å². The van der Waals surface area contributed by atoms with Crippen LogP contribution in [0.5, 0.6) is 0 Å². The van der Waals surface area contributed by atoms with Gasteiger partial charge in [0.25, 0.3) is 10.1 Å². The molecule has 0 aliphatic heterocycles. The maximum absolute atomic E-state index is 11.1. The van der Waals surface area contributed by atoms with E-state index in [9.17, 15) is 8.42 Å². The van der Waals surface area contributed by atoms with Crippen molar-refractivity contribution in [3.8, 4) is 22.8 Å². The summed E-state index contributed by atoms with van der Waals surface area (Å²) in [5, 5.41) is 3.31. The summed E-state index contributed by atoms with van der Waals surface area (Å²) in [7, 11) is -3.98. The van der Waals surface area contributed by atoms with Crippen molar-refractivity contribution in [1.29, 1.82) is 0 Å². The molecule has 0 atom stereocenters. The average Bonchev–Trinajstić information content (AvgIpc) is 3.29. The summed E-state index contributed by atoms with van der Waals surface area (Å²) in [5.74, 6) is 0.949. The van der Waals surface area contributed by atoms with Gasteiger partial charge in [0.1, 0.15) is 6.54 Å². The van der Waals surface area contributed by atoms with Crippen molar-refractivity contribution >= 4 is 31.8 Å². The number of pyridine rings is 1. The summed E-state index contributed by atoms with van der Waals surface area (Å²) >= 11 is 0. The second-order valence-electron chi connectivity index (χ2n) is 8.61. The molecule has 7 heteroatoms. The maximum atomic E-state index is 11.1. The molecule has 0 aliphatic carbocycles. The van der Waals surface area contributed by atoms with E-state index in [2.05, 4.69) is 43.1 Å². The van der Waals surface area contributed by atoms with E-state index in [4.69, 9.17) is 8.97 Å². The molecule has 0 aliphatic rings. The van der Waals surface area contributed by atoms with Crippen molar-refractivity contribution in [2.75, 3.05) is 5.75 Å². The number of aromatic nitrogens is 2. The molecular formula is C27H25N2O4S+. The van der Waals surface area contributed by atoms with Gasteiger partial charge in [0, 0.05) is 24.1 Å². The Morgan fingerprint density at radius 3 is 2.53 bits per heavy atom. The number of aryl methyl sites for hydroxylation is 3. The average molecular weight is 474 g/mol. The summed E-state index contributed by atoms with van der Waals surface area (Å²) in [6.07, 6.45) is 3.96. The fourth-order valence-corrected chi connectivity index (χ4v) is 4.79. The van der Waals surface area contributed by atoms with Gasteiger partial charge in [0.15, 0.2) is 12.0 Å². The van der Waals surface area contributed by atoms with Crippen LogP contribution >= 0.6 is 0 Å². The lowest BCUT2D eigenvalue weighted by atomic mass is 10.0. The summed E-state index contributed by atoms with van der Waals surface area (Å²) in [6.45, 7) is 4.70. The molecule has 0 spiro atoms. The van der Waals surface area contributed by atoms with Crippen molar-refractivity contribution in [1.82, 2.24) is 4.98 Å². The lowest BCUT2D eigenvalue weighted by molar-refractivity contribution is -0.671. The summed E-state index contributed by atoms with van der Waals surface area (Å²) < 4.78 is 39.3. The first-order valence-electron chi connectivity index (χ1n) is 11.1. The fourth-order valence-electron chi connectivity index (χ4n) is 4.30. The lowest BCUT2D eigenvalue weighted by Gasteiger charge is -2.06. The molecule has 6 nitrogen and oxygen atoms in total. The first-order valence-corrected chi connectivity index (χ1v) is 12.7. The SMILES string of the molecule is Cc1cc2ccc(-c3cnc(-c4cc[n+](CCCS(=O)(=O)O)c5ccccc45)o3)cc2cc1C. The van der Waals surface area contributed by atoms with Crippen LogP contribution in [0.4, 0.5) is 0 Å². The zero-order valence-corrected chi connectivity index (χ0v) is 19.8. The highest BCUT2D eigenvalue weighted by Crippen LogP contribution is 2.32. The zero-order valence-electron chi connectivity index (χ0n) is 19.0. The van der Waals surface area contributed by atoms with Gasteiger partial charge in [0.05, 0.1) is 22.9 Å². The van der Waals surface area contributed by atoms with Crippen molar-refractivity contribution in [2.24, 2.45) is 0 Å². The van der Waals surface area contributed by atoms with Crippen LogP contribution in [0.1, 0.15) is 17.5 Å². The number of hydrogen-bond donors (Lipinski definition) is 1. The molecule has 0 radical (unpaired) electrons. The van der Waals surface area contributed by atoms with Crippen LogP contribution in [0.25, 0.3) is 44.5 Å². The number of rotatable bonds is 6. The molecular weight excluding hydrogens is 448 g/mol. The Morgan fingerprint density at radius 1 is 0.971 bits per heavy atom. The van der Waals surface area contributed by atoms with Gasteiger partial charge in [-0.15, -0.1) is 0 Å². The van der Waals surface area contributed by atoms with Crippen LogP contribution < -0.4 is 4.57 Å². The van der Waals surface area contributed by atoms with Crippen molar-refractivity contribution in [3.63, 3.8) is 0 Å². The zero-order chi connectivity index (χ0) is 23.9. The molecule has 0 amide bonds. The summed E-state index contributed by atoms with van der Waals surface area (Å²) in [6, 6.07) is 20.4. The quantitative estimate of drug-likeness (QED) is 0.260. The number of hydrogen-bond acceptors (Lipinski definition) is 4. The Bertz CT molecular complexity index is 1640. The predicted octanol–water partition coefficient (Wildman–Crippen LogP) is 5.50. The molecule has 3 aromatic carbocycles. The monoisotopic (exact) mass is 473 g/mol. The number of para-hydroxylation sites is 1. The first kappa shape index (κ1) is 22.3. The summed E-state index contributed by atoms with van der Waals surface area (Å²) in [5.41, 5.74) is 5.29. The third-order valence-corrected chi connectivity index (χ3v) is 7.00. The Labute approximate surface area is 198 Å². The van der Waals surface area contributed by atoms with E-state index in [0.717, 1.165) is 27.4 Å². The molecule has 5 rings (SSSR count). The van der Waals surface area contributed by atoms with Crippen LogP contribution in [0, 0.1) is 13.8 Å². The summed E-state index contributed by atoms with van der Waals surface area (Å²) in [4.78, 5) is 4.56. The highest BCUT2D eigenvalue weighted by molar-refractivity contribution is 7.85. The van der Waals surface area contributed by atoms with Gasteiger partial charge in [-0.3, -0.25) is 4.55 Å². The van der Waals surface area contributed by atoms with Crippen LogP contribution in [0.3, 0.4) is 0 Å². The molecule has 2 aromatic heterocycles. The Kier molecular flexibility index (Phi) is 5.67. The number of oxazole rings is 1. The molecule has 1 N–H and O–H groups in total. The highest BCUT2D eigenvalue weighted by atomic mass is 32.2. The molecule has 5 aromatic rings. The van der Waals surface area contributed by atoms with Crippen LogP contribution in [0.2, 0.25) is 0 Å². The van der Waals surface area contributed by atoms with Crippen molar-refractivity contribution in [2.45, 2.75) is 26.8 Å². The van der Waals surface area contributed by atoms with Crippen LogP contribution in [-0.4, -0.2) is 23.7 Å². The van der Waals surface area contributed by atoms with Gasteiger partial charge in [-0.2, -0.15) is 13.0 Å². The Balaban J connectivity index is 1.50. The minimum absolute atomic E-state index is 0.274. The molecule has 0 unspecified atom stereocenters. The number of benzene rings is 3. The molecule has 0 saturated heterocycles. The van der Waals surface area contributed by atoms with Crippen LogP contribution in [0.15, 0.2) is 77.5 Å². The highest BCUT2D eigenvalue weighted by Gasteiger charge is 2.18. The van der Waals surface area contributed by atoms with Crippen molar-refractivity contribution in [3.05, 3.63) is 84.2 Å². The molecule has 172 valence electrons. The van der Waals surface area contributed by atoms with E-state index >= 15 is 0 Å². The van der Waals surface area contributed by atoms with Gasteiger partial charge in [-0.1, -0.05) is 36.4 Å². The maximum Gasteiger partial charge on any atom is 0.265 e. The van der Waals surface area contributed by atoms with E-state index in [1.165, 1.54) is 16.5 Å². The minimum Gasteiger partial charge on any atom is -0.436 e. The molecule has 0 saturated carbocycles. The second kappa shape index (κ2) is 8.66. The van der Waals surface area contributed by atoms with Gasteiger partial charge in [0.2, 0.25) is 11.4 Å². The van der Waals surface area contributed by atoms with Gasteiger partial charge >= 0.3 is 0 Å². The van der Waals surface area contributed by atoms with Gasteiger partial charge < -0.3 is 4.42 Å². The fraction of sp³-hybridized carbons (Fsp3) is 0.185. The topological polar surface area (TPSA) is 84.3 Å². The van der Waals surface area contributed by atoms with Gasteiger partial charge in [-0.25, -0.2) is 4.98 Å². The minimum atomic E-state index is -3.98. The molecule has 2 heterocycles. The first-order chi connectivity index (χ1) is 16.3.